The van der Waals surface area contributed by atoms with E-state index in [1.54, 1.807) is 0 Å². The molecule has 1 aromatic carbocycles. The Bertz CT molecular complexity index is 607. The van der Waals surface area contributed by atoms with Gasteiger partial charge >= 0.3 is 6.18 Å². The van der Waals surface area contributed by atoms with Gasteiger partial charge in [0.05, 0.1) is 17.0 Å². The Kier molecular flexibility index (Phi) is 3.22. The predicted molar refractivity (Wildman–Crippen MR) is 71.6 cm³/mol. The van der Waals surface area contributed by atoms with Gasteiger partial charge in [0.25, 0.3) is 0 Å². The quantitative estimate of drug-likeness (QED) is 0.806. The summed E-state index contributed by atoms with van der Waals surface area (Å²) in [6.07, 6.45) is -2.50. The zero-order valence-corrected chi connectivity index (χ0v) is 11.3. The molecule has 1 saturated carbocycles. The molecule has 0 spiro atoms. The van der Waals surface area contributed by atoms with Crippen molar-refractivity contribution in [2.75, 3.05) is 0 Å². The number of aromatic amines is 1. The number of aryl methyl sites for hydroxylation is 1. The van der Waals surface area contributed by atoms with Gasteiger partial charge in [-0.05, 0) is 50.3 Å². The van der Waals surface area contributed by atoms with Crippen molar-refractivity contribution in [3.8, 4) is 0 Å². The van der Waals surface area contributed by atoms with Gasteiger partial charge in [0, 0.05) is 5.92 Å². The number of aromatic nitrogens is 2. The topological polar surface area (TPSA) is 28.7 Å². The van der Waals surface area contributed by atoms with Crippen molar-refractivity contribution in [2.45, 2.75) is 44.7 Å². The van der Waals surface area contributed by atoms with Crippen molar-refractivity contribution in [1.82, 2.24) is 9.97 Å². The maximum Gasteiger partial charge on any atom is 0.391 e. The van der Waals surface area contributed by atoms with Crippen LogP contribution in [0.15, 0.2) is 18.2 Å². The van der Waals surface area contributed by atoms with Gasteiger partial charge in [0.1, 0.15) is 5.82 Å². The van der Waals surface area contributed by atoms with Gasteiger partial charge in [-0.1, -0.05) is 6.07 Å². The molecule has 1 N–H and O–H groups in total. The molecule has 108 valence electrons. The second kappa shape index (κ2) is 4.79. The van der Waals surface area contributed by atoms with Crippen LogP contribution in [0.3, 0.4) is 0 Å². The van der Waals surface area contributed by atoms with E-state index in [1.807, 2.05) is 25.1 Å². The molecule has 0 saturated heterocycles. The highest BCUT2D eigenvalue weighted by Crippen LogP contribution is 2.42. The third kappa shape index (κ3) is 2.53. The number of benzene rings is 1. The second-order valence-corrected chi connectivity index (χ2v) is 5.73. The van der Waals surface area contributed by atoms with E-state index in [1.165, 1.54) is 0 Å². The molecule has 0 aliphatic heterocycles. The maximum absolute atomic E-state index is 12.7. The van der Waals surface area contributed by atoms with Crippen LogP contribution < -0.4 is 0 Å². The molecular weight excluding hydrogens is 265 g/mol. The van der Waals surface area contributed by atoms with Gasteiger partial charge in [0.2, 0.25) is 0 Å². The Balaban J connectivity index is 1.76. The van der Waals surface area contributed by atoms with Gasteiger partial charge in [0.15, 0.2) is 0 Å². The lowest BCUT2D eigenvalue weighted by Gasteiger charge is -2.28. The number of nitrogens with one attached hydrogen (secondary N) is 1. The molecule has 3 rings (SSSR count). The van der Waals surface area contributed by atoms with Crippen LogP contribution in [0.4, 0.5) is 13.2 Å². The van der Waals surface area contributed by atoms with Crippen LogP contribution in [0.25, 0.3) is 11.0 Å². The van der Waals surface area contributed by atoms with Crippen LogP contribution in [-0.2, 0) is 0 Å². The normalized spacial score (nSPS) is 24.2. The lowest BCUT2D eigenvalue weighted by atomic mass is 9.81. The van der Waals surface area contributed by atoms with Crippen LogP contribution in [-0.4, -0.2) is 16.1 Å². The van der Waals surface area contributed by atoms with Crippen molar-refractivity contribution in [3.63, 3.8) is 0 Å². The molecule has 1 heterocycles. The zero-order chi connectivity index (χ0) is 14.3. The molecule has 1 aromatic heterocycles. The van der Waals surface area contributed by atoms with E-state index in [4.69, 9.17) is 0 Å². The molecule has 2 aromatic rings. The summed E-state index contributed by atoms with van der Waals surface area (Å²) >= 11 is 0. The summed E-state index contributed by atoms with van der Waals surface area (Å²) in [5.41, 5.74) is 3.01. The van der Waals surface area contributed by atoms with Crippen molar-refractivity contribution >= 4 is 11.0 Å². The van der Waals surface area contributed by atoms with Crippen LogP contribution in [0, 0.1) is 12.8 Å². The third-order valence-corrected chi connectivity index (χ3v) is 4.23. The van der Waals surface area contributed by atoms with Crippen molar-refractivity contribution in [2.24, 2.45) is 5.92 Å². The van der Waals surface area contributed by atoms with Crippen LogP contribution in [0.2, 0.25) is 0 Å². The average Bonchev–Trinajstić information content (AvgIpc) is 2.80. The summed E-state index contributed by atoms with van der Waals surface area (Å²) in [6, 6.07) is 5.96. The number of H-pyrrole nitrogens is 1. The molecular formula is C15H17F3N2. The van der Waals surface area contributed by atoms with Gasteiger partial charge in [-0.2, -0.15) is 13.2 Å². The molecule has 5 heteroatoms. The SMILES string of the molecule is Cc1ccc2nc(C3CCC(C(F)(F)F)CC3)[nH]c2c1. The molecule has 0 amide bonds. The number of hydrogen-bond acceptors (Lipinski definition) is 1. The first kappa shape index (κ1) is 13.5. The molecule has 20 heavy (non-hydrogen) atoms. The molecule has 1 fully saturated rings. The number of nitrogens with zero attached hydrogens (tertiary/aromatic N) is 1. The van der Waals surface area contributed by atoms with E-state index >= 15 is 0 Å². The number of halogens is 3. The largest absolute Gasteiger partial charge is 0.391 e. The van der Waals surface area contributed by atoms with E-state index in [-0.39, 0.29) is 18.8 Å². The second-order valence-electron chi connectivity index (χ2n) is 5.73. The van der Waals surface area contributed by atoms with Gasteiger partial charge in [-0.15, -0.1) is 0 Å². The maximum atomic E-state index is 12.7. The van der Waals surface area contributed by atoms with E-state index in [0.29, 0.717) is 12.8 Å². The fraction of sp³-hybridized carbons (Fsp3) is 0.533. The minimum absolute atomic E-state index is 0.126. The summed E-state index contributed by atoms with van der Waals surface area (Å²) in [5.74, 6) is -0.169. The number of hydrogen-bond donors (Lipinski definition) is 1. The molecule has 1 aliphatic carbocycles. The van der Waals surface area contributed by atoms with Gasteiger partial charge < -0.3 is 4.98 Å². The van der Waals surface area contributed by atoms with E-state index in [0.717, 1.165) is 22.4 Å². The molecule has 0 atom stereocenters. The van der Waals surface area contributed by atoms with Crippen molar-refractivity contribution < 1.29 is 13.2 Å². The summed E-state index contributed by atoms with van der Waals surface area (Å²) in [7, 11) is 0. The Hall–Kier alpha value is -1.52. The fourth-order valence-corrected chi connectivity index (χ4v) is 3.03. The van der Waals surface area contributed by atoms with E-state index in [9.17, 15) is 13.2 Å². The summed E-state index contributed by atoms with van der Waals surface area (Å²) in [5, 5.41) is 0. The summed E-state index contributed by atoms with van der Waals surface area (Å²) in [6.45, 7) is 2.01. The molecule has 2 nitrogen and oxygen atoms in total. The third-order valence-electron chi connectivity index (χ3n) is 4.23. The minimum atomic E-state index is -4.05. The Morgan fingerprint density at radius 2 is 1.85 bits per heavy atom. The number of rotatable bonds is 1. The first-order chi connectivity index (χ1) is 9.43. The number of imidazole rings is 1. The zero-order valence-electron chi connectivity index (χ0n) is 11.3. The monoisotopic (exact) mass is 282 g/mol. The minimum Gasteiger partial charge on any atom is -0.342 e. The predicted octanol–water partition coefficient (Wildman–Crippen LogP) is 4.71. The van der Waals surface area contributed by atoms with Crippen LogP contribution in [0.5, 0.6) is 0 Å². The highest BCUT2D eigenvalue weighted by Gasteiger charge is 2.41. The van der Waals surface area contributed by atoms with Crippen molar-refractivity contribution in [3.05, 3.63) is 29.6 Å². The lowest BCUT2D eigenvalue weighted by Crippen LogP contribution is -2.27. The van der Waals surface area contributed by atoms with E-state index < -0.39 is 12.1 Å². The first-order valence-electron chi connectivity index (χ1n) is 6.96. The van der Waals surface area contributed by atoms with E-state index in [2.05, 4.69) is 9.97 Å². The summed E-state index contributed by atoms with van der Waals surface area (Å²) < 4.78 is 38.0. The Labute approximate surface area is 115 Å². The van der Waals surface area contributed by atoms with Crippen molar-refractivity contribution in [1.29, 1.82) is 0 Å². The molecule has 0 bridgehead atoms. The Morgan fingerprint density at radius 1 is 1.15 bits per heavy atom. The molecule has 1 aliphatic rings. The first-order valence-corrected chi connectivity index (χ1v) is 6.96. The fourth-order valence-electron chi connectivity index (χ4n) is 3.03. The van der Waals surface area contributed by atoms with Crippen LogP contribution in [0.1, 0.15) is 43.0 Å². The average molecular weight is 282 g/mol. The number of alkyl halides is 3. The lowest BCUT2D eigenvalue weighted by molar-refractivity contribution is -0.182. The van der Waals surface area contributed by atoms with Gasteiger partial charge in [-0.3, -0.25) is 0 Å². The van der Waals surface area contributed by atoms with Crippen LogP contribution >= 0.6 is 0 Å². The van der Waals surface area contributed by atoms with Gasteiger partial charge in [-0.25, -0.2) is 4.98 Å². The standard InChI is InChI=1S/C15H17F3N2/c1-9-2-7-12-13(8-9)20-14(19-12)10-3-5-11(6-4-10)15(16,17)18/h2,7-8,10-11H,3-6H2,1H3,(H,19,20). The highest BCUT2D eigenvalue weighted by molar-refractivity contribution is 5.75. The highest BCUT2D eigenvalue weighted by atomic mass is 19.4. The Morgan fingerprint density at radius 3 is 2.50 bits per heavy atom. The smallest absolute Gasteiger partial charge is 0.342 e. The summed E-state index contributed by atoms with van der Waals surface area (Å²) in [4.78, 5) is 7.80. The molecule has 0 unspecified atom stereocenters. The number of fused-ring (bicyclic) bond motifs is 1. The molecule has 0 radical (unpaired) electrons.